The number of carbonyl (C=O) groups is 1. The summed E-state index contributed by atoms with van der Waals surface area (Å²) in [7, 11) is 0. The number of hydrogen-bond acceptors (Lipinski definition) is 5. The van der Waals surface area contributed by atoms with Gasteiger partial charge < -0.3 is 15.5 Å². The molecule has 1 fully saturated rings. The van der Waals surface area contributed by atoms with Gasteiger partial charge in [0.2, 0.25) is 0 Å². The van der Waals surface area contributed by atoms with Crippen molar-refractivity contribution in [2.24, 2.45) is 0 Å². The Morgan fingerprint density at radius 3 is 2.93 bits per heavy atom. The van der Waals surface area contributed by atoms with Crippen LogP contribution in [0.5, 0.6) is 0 Å². The Bertz CT molecular complexity index is 1170. The molecule has 2 amide bonds. The standard InChI is InChI=1S/C20H20N6OS/c1-13-12-23-18-17(21-7-9-25-10-8-22-20(25)27)24-15-11-16(28-19(15)26(13)18)14-5-3-2-4-6-14/h2-6,11-12H,7-10H2,1H3,(H,21,24)(H,22,27). The second-order valence-electron chi connectivity index (χ2n) is 6.83. The van der Waals surface area contributed by atoms with Crippen LogP contribution in [-0.4, -0.2) is 51.5 Å². The molecule has 7 nitrogen and oxygen atoms in total. The van der Waals surface area contributed by atoms with E-state index in [9.17, 15) is 4.79 Å². The molecular weight excluding hydrogens is 372 g/mol. The predicted octanol–water partition coefficient (Wildman–Crippen LogP) is 3.36. The predicted molar refractivity (Wildman–Crippen MR) is 112 cm³/mol. The summed E-state index contributed by atoms with van der Waals surface area (Å²) in [4.78, 5) is 25.2. The fourth-order valence-electron chi connectivity index (χ4n) is 3.54. The lowest BCUT2D eigenvalue weighted by Crippen LogP contribution is -2.32. The number of rotatable bonds is 5. The van der Waals surface area contributed by atoms with Crippen molar-refractivity contribution in [2.45, 2.75) is 6.92 Å². The third-order valence-electron chi connectivity index (χ3n) is 4.96. The Morgan fingerprint density at radius 2 is 2.14 bits per heavy atom. The number of anilines is 1. The van der Waals surface area contributed by atoms with Crippen LogP contribution in [0.4, 0.5) is 10.6 Å². The third-order valence-corrected chi connectivity index (χ3v) is 6.12. The molecule has 0 unspecified atom stereocenters. The highest BCUT2D eigenvalue weighted by Crippen LogP contribution is 2.35. The molecule has 1 aromatic carbocycles. The van der Waals surface area contributed by atoms with Crippen LogP contribution < -0.4 is 10.6 Å². The van der Waals surface area contributed by atoms with Crippen LogP contribution in [-0.2, 0) is 0 Å². The lowest BCUT2D eigenvalue weighted by Gasteiger charge is -2.15. The van der Waals surface area contributed by atoms with E-state index in [0.717, 1.165) is 34.1 Å². The van der Waals surface area contributed by atoms with Gasteiger partial charge in [0, 0.05) is 42.9 Å². The molecule has 4 heterocycles. The Hall–Kier alpha value is -3.13. The van der Waals surface area contributed by atoms with Crippen molar-refractivity contribution in [3.63, 3.8) is 0 Å². The number of fused-ring (bicyclic) bond motifs is 3. The van der Waals surface area contributed by atoms with E-state index in [0.29, 0.717) is 19.6 Å². The molecule has 2 N–H and O–H groups in total. The summed E-state index contributed by atoms with van der Waals surface area (Å²) in [6.45, 7) is 4.78. The normalized spacial score (nSPS) is 14.2. The van der Waals surface area contributed by atoms with E-state index in [1.807, 2.05) is 24.4 Å². The van der Waals surface area contributed by atoms with Gasteiger partial charge in [0.25, 0.3) is 0 Å². The van der Waals surface area contributed by atoms with Gasteiger partial charge in [-0.1, -0.05) is 30.3 Å². The number of aryl methyl sites for hydroxylation is 1. The van der Waals surface area contributed by atoms with Crippen molar-refractivity contribution in [1.29, 1.82) is 0 Å². The van der Waals surface area contributed by atoms with Gasteiger partial charge in [-0.3, -0.25) is 4.40 Å². The highest BCUT2D eigenvalue weighted by Gasteiger charge is 2.19. The summed E-state index contributed by atoms with van der Waals surface area (Å²) < 4.78 is 2.16. The summed E-state index contributed by atoms with van der Waals surface area (Å²) in [6, 6.07) is 12.5. The number of nitrogens with one attached hydrogen (secondary N) is 2. The van der Waals surface area contributed by atoms with Gasteiger partial charge in [0.05, 0.1) is 0 Å². The average molecular weight is 392 g/mol. The number of carbonyl (C=O) groups excluding carboxylic acids is 1. The fraction of sp³-hybridized carbons (Fsp3) is 0.250. The molecule has 3 aromatic heterocycles. The number of hydrogen-bond donors (Lipinski definition) is 2. The van der Waals surface area contributed by atoms with Gasteiger partial charge in [-0.05, 0) is 18.6 Å². The second kappa shape index (κ2) is 6.79. The maximum Gasteiger partial charge on any atom is 0.317 e. The molecule has 0 saturated carbocycles. The number of benzene rings is 1. The molecule has 1 aliphatic rings. The number of nitrogens with zero attached hydrogens (tertiary/aromatic N) is 4. The minimum Gasteiger partial charge on any atom is -0.365 e. The fourth-order valence-corrected chi connectivity index (χ4v) is 4.70. The van der Waals surface area contributed by atoms with Crippen molar-refractivity contribution in [1.82, 2.24) is 24.6 Å². The number of urea groups is 1. The summed E-state index contributed by atoms with van der Waals surface area (Å²) in [5.74, 6) is 0.748. The van der Waals surface area contributed by atoms with E-state index in [4.69, 9.17) is 4.98 Å². The van der Waals surface area contributed by atoms with E-state index in [2.05, 4.69) is 45.1 Å². The maximum absolute atomic E-state index is 11.7. The summed E-state index contributed by atoms with van der Waals surface area (Å²) in [5.41, 5.74) is 4.02. The lowest BCUT2D eigenvalue weighted by atomic mass is 10.2. The highest BCUT2D eigenvalue weighted by atomic mass is 32.1. The van der Waals surface area contributed by atoms with Crippen LogP contribution in [0.1, 0.15) is 5.69 Å². The first kappa shape index (κ1) is 17.0. The molecule has 0 spiro atoms. The summed E-state index contributed by atoms with van der Waals surface area (Å²) >= 11 is 1.72. The molecule has 0 radical (unpaired) electrons. The Kier molecular flexibility index (Phi) is 4.12. The maximum atomic E-state index is 11.7. The number of imidazole rings is 1. The van der Waals surface area contributed by atoms with Crippen LogP contribution in [0.25, 0.3) is 26.4 Å². The zero-order valence-electron chi connectivity index (χ0n) is 15.5. The Balaban J connectivity index is 1.51. The first-order chi connectivity index (χ1) is 13.7. The van der Waals surface area contributed by atoms with Crippen molar-refractivity contribution >= 4 is 39.2 Å². The lowest BCUT2D eigenvalue weighted by molar-refractivity contribution is 0.219. The van der Waals surface area contributed by atoms with E-state index in [1.165, 1.54) is 10.4 Å². The van der Waals surface area contributed by atoms with Gasteiger partial charge in [-0.2, -0.15) is 0 Å². The first-order valence-electron chi connectivity index (χ1n) is 9.30. The number of aromatic nitrogens is 3. The van der Waals surface area contributed by atoms with Gasteiger partial charge in [-0.25, -0.2) is 14.8 Å². The zero-order valence-corrected chi connectivity index (χ0v) is 16.3. The van der Waals surface area contributed by atoms with Gasteiger partial charge in [0.1, 0.15) is 10.3 Å². The smallest absolute Gasteiger partial charge is 0.317 e. The molecule has 5 rings (SSSR count). The van der Waals surface area contributed by atoms with Crippen LogP contribution >= 0.6 is 11.3 Å². The molecular formula is C20H20N6OS. The van der Waals surface area contributed by atoms with Crippen molar-refractivity contribution < 1.29 is 4.79 Å². The van der Waals surface area contributed by atoms with Gasteiger partial charge in [0.15, 0.2) is 11.5 Å². The molecule has 28 heavy (non-hydrogen) atoms. The zero-order chi connectivity index (χ0) is 19.1. The molecule has 0 atom stereocenters. The Labute approximate surface area is 166 Å². The minimum atomic E-state index is -0.00245. The molecule has 1 saturated heterocycles. The molecule has 142 valence electrons. The van der Waals surface area contributed by atoms with E-state index >= 15 is 0 Å². The highest BCUT2D eigenvalue weighted by molar-refractivity contribution is 7.21. The summed E-state index contributed by atoms with van der Waals surface area (Å²) in [6.07, 6.45) is 1.87. The van der Waals surface area contributed by atoms with Crippen LogP contribution in [0, 0.1) is 6.92 Å². The minimum absolute atomic E-state index is 0.00245. The Morgan fingerprint density at radius 1 is 1.29 bits per heavy atom. The largest absolute Gasteiger partial charge is 0.365 e. The van der Waals surface area contributed by atoms with E-state index in [-0.39, 0.29) is 6.03 Å². The molecule has 0 bridgehead atoms. The van der Waals surface area contributed by atoms with E-state index < -0.39 is 0 Å². The first-order valence-corrected chi connectivity index (χ1v) is 10.1. The summed E-state index contributed by atoms with van der Waals surface area (Å²) in [5, 5.41) is 6.20. The van der Waals surface area contributed by atoms with Gasteiger partial charge >= 0.3 is 6.03 Å². The van der Waals surface area contributed by atoms with Crippen molar-refractivity contribution in [3.05, 3.63) is 48.3 Å². The average Bonchev–Trinajstić information content (AvgIpc) is 3.41. The SMILES string of the molecule is Cc1cnc2c(NCCN3CCNC3=O)nc3cc(-c4ccccc4)sc3n12. The van der Waals surface area contributed by atoms with Crippen LogP contribution in [0.15, 0.2) is 42.6 Å². The van der Waals surface area contributed by atoms with Gasteiger partial charge in [-0.15, -0.1) is 11.3 Å². The van der Waals surface area contributed by atoms with Crippen LogP contribution in [0.3, 0.4) is 0 Å². The monoisotopic (exact) mass is 392 g/mol. The topological polar surface area (TPSA) is 74.6 Å². The quantitative estimate of drug-likeness (QED) is 0.546. The molecule has 1 aliphatic heterocycles. The van der Waals surface area contributed by atoms with E-state index in [1.54, 1.807) is 16.2 Å². The van der Waals surface area contributed by atoms with Crippen molar-refractivity contribution in [2.75, 3.05) is 31.5 Å². The number of thiophene rings is 1. The number of amides is 2. The molecule has 4 aromatic rings. The van der Waals surface area contributed by atoms with Crippen LogP contribution in [0.2, 0.25) is 0 Å². The second-order valence-corrected chi connectivity index (χ2v) is 7.86. The van der Waals surface area contributed by atoms with Crippen molar-refractivity contribution in [3.8, 4) is 10.4 Å². The third kappa shape index (κ3) is 2.86. The molecule has 0 aliphatic carbocycles. The molecule has 8 heteroatoms.